The van der Waals surface area contributed by atoms with Crippen molar-refractivity contribution in [2.24, 2.45) is 5.92 Å². The second-order valence-corrected chi connectivity index (χ2v) is 4.54. The Morgan fingerprint density at radius 1 is 1.22 bits per heavy atom. The van der Waals surface area contributed by atoms with E-state index in [4.69, 9.17) is 10.5 Å². The molecule has 0 aliphatic carbocycles. The predicted molar refractivity (Wildman–Crippen MR) is 69.6 cm³/mol. The van der Waals surface area contributed by atoms with Crippen molar-refractivity contribution in [1.29, 1.82) is 0 Å². The summed E-state index contributed by atoms with van der Waals surface area (Å²) >= 11 is 0. The molecule has 0 aromatic heterocycles. The Bertz CT molecular complexity index is 359. The van der Waals surface area contributed by atoms with Gasteiger partial charge in [-0.15, -0.1) is 0 Å². The van der Waals surface area contributed by atoms with Crippen LogP contribution in [0.3, 0.4) is 0 Å². The van der Waals surface area contributed by atoms with E-state index in [1.54, 1.807) is 0 Å². The number of unbranched alkanes of at least 4 members (excludes halogenated alkanes) is 1. The summed E-state index contributed by atoms with van der Waals surface area (Å²) in [5.41, 5.74) is 5.41. The summed E-state index contributed by atoms with van der Waals surface area (Å²) in [5.74, 6) is -1.46. The minimum Gasteiger partial charge on any atom is -0.487 e. The van der Waals surface area contributed by atoms with E-state index in [-0.39, 0.29) is 11.4 Å². The van der Waals surface area contributed by atoms with Crippen molar-refractivity contribution in [3.8, 4) is 5.75 Å². The van der Waals surface area contributed by atoms with Gasteiger partial charge in [0, 0.05) is 17.8 Å². The number of nitrogens with two attached hydrogens (primary N) is 1. The lowest BCUT2D eigenvalue weighted by Crippen LogP contribution is -2.13. The number of benzene rings is 1. The van der Waals surface area contributed by atoms with Gasteiger partial charge in [-0.2, -0.15) is 0 Å². The fourth-order valence-corrected chi connectivity index (χ4v) is 1.82. The van der Waals surface area contributed by atoms with Crippen LogP contribution in [-0.4, -0.2) is 6.61 Å². The standard InChI is InChI=1S/C14H21F2NO/c1-3-5-6-10(4-2)9-18-14-12(15)7-11(17)8-13(14)16/h7-8,10H,3-6,9,17H2,1-2H3. The van der Waals surface area contributed by atoms with E-state index in [2.05, 4.69) is 13.8 Å². The molecule has 102 valence electrons. The quantitative estimate of drug-likeness (QED) is 0.745. The first-order chi connectivity index (χ1) is 8.58. The van der Waals surface area contributed by atoms with Crippen LogP contribution in [-0.2, 0) is 0 Å². The van der Waals surface area contributed by atoms with Gasteiger partial charge in [-0.05, 0) is 12.3 Å². The zero-order chi connectivity index (χ0) is 13.5. The Balaban J connectivity index is 2.62. The molecule has 1 unspecified atom stereocenters. The maximum Gasteiger partial charge on any atom is 0.190 e. The number of rotatable bonds is 7. The highest BCUT2D eigenvalue weighted by Crippen LogP contribution is 2.25. The molecular weight excluding hydrogens is 236 g/mol. The molecule has 0 amide bonds. The summed E-state index contributed by atoms with van der Waals surface area (Å²) in [5, 5.41) is 0. The minimum atomic E-state index is -0.738. The smallest absolute Gasteiger partial charge is 0.190 e. The number of halogens is 2. The zero-order valence-electron chi connectivity index (χ0n) is 11.0. The van der Waals surface area contributed by atoms with Crippen LogP contribution >= 0.6 is 0 Å². The van der Waals surface area contributed by atoms with Gasteiger partial charge in [0.15, 0.2) is 17.4 Å². The summed E-state index contributed by atoms with van der Waals surface area (Å²) in [7, 11) is 0. The first-order valence-corrected chi connectivity index (χ1v) is 6.45. The highest BCUT2D eigenvalue weighted by atomic mass is 19.1. The molecule has 0 aliphatic rings. The predicted octanol–water partition coefficient (Wildman–Crippen LogP) is 4.14. The van der Waals surface area contributed by atoms with Crippen LogP contribution in [0, 0.1) is 17.6 Å². The molecule has 4 heteroatoms. The topological polar surface area (TPSA) is 35.2 Å². The third kappa shape index (κ3) is 4.17. The highest BCUT2D eigenvalue weighted by molar-refractivity contribution is 5.44. The summed E-state index contributed by atoms with van der Waals surface area (Å²) in [4.78, 5) is 0. The van der Waals surface area contributed by atoms with Gasteiger partial charge in [0.1, 0.15) is 0 Å². The fourth-order valence-electron chi connectivity index (χ4n) is 1.82. The molecule has 18 heavy (non-hydrogen) atoms. The van der Waals surface area contributed by atoms with E-state index in [9.17, 15) is 8.78 Å². The minimum absolute atomic E-state index is 0.0652. The van der Waals surface area contributed by atoms with Crippen LogP contribution in [0.1, 0.15) is 39.5 Å². The third-order valence-corrected chi connectivity index (χ3v) is 3.03. The third-order valence-electron chi connectivity index (χ3n) is 3.03. The molecule has 0 fully saturated rings. The van der Waals surface area contributed by atoms with E-state index in [1.165, 1.54) is 0 Å². The molecule has 1 atom stereocenters. The Hall–Kier alpha value is -1.32. The van der Waals surface area contributed by atoms with Crippen LogP contribution in [0.5, 0.6) is 5.75 Å². The van der Waals surface area contributed by atoms with Gasteiger partial charge >= 0.3 is 0 Å². The number of anilines is 1. The second kappa shape index (κ2) is 7.19. The molecule has 0 saturated carbocycles. The largest absolute Gasteiger partial charge is 0.487 e. The molecule has 1 aromatic rings. The molecule has 0 spiro atoms. The van der Waals surface area contributed by atoms with Gasteiger partial charge < -0.3 is 10.5 Å². The van der Waals surface area contributed by atoms with Crippen molar-refractivity contribution in [1.82, 2.24) is 0 Å². The molecule has 1 rings (SSSR count). The Morgan fingerprint density at radius 2 is 1.83 bits per heavy atom. The van der Waals surface area contributed by atoms with Crippen molar-refractivity contribution in [2.75, 3.05) is 12.3 Å². The number of ether oxygens (including phenoxy) is 1. The van der Waals surface area contributed by atoms with E-state index in [0.29, 0.717) is 12.5 Å². The SMILES string of the molecule is CCCCC(CC)COc1c(F)cc(N)cc1F. The summed E-state index contributed by atoms with van der Waals surface area (Å²) < 4.78 is 32.2. The number of hydrogen-bond donors (Lipinski definition) is 1. The van der Waals surface area contributed by atoms with E-state index in [1.807, 2.05) is 0 Å². The molecule has 0 radical (unpaired) electrons. The van der Waals surface area contributed by atoms with Gasteiger partial charge in [-0.3, -0.25) is 0 Å². The summed E-state index contributed by atoms with van der Waals surface area (Å²) in [6.45, 7) is 4.51. The van der Waals surface area contributed by atoms with Crippen LogP contribution in [0.2, 0.25) is 0 Å². The summed E-state index contributed by atoms with van der Waals surface area (Å²) in [6, 6.07) is 2.15. The van der Waals surface area contributed by atoms with Crippen LogP contribution in [0.15, 0.2) is 12.1 Å². The molecule has 2 nitrogen and oxygen atoms in total. The van der Waals surface area contributed by atoms with Gasteiger partial charge in [0.05, 0.1) is 6.61 Å². The number of hydrogen-bond acceptors (Lipinski definition) is 2. The molecule has 0 saturated heterocycles. The molecule has 0 bridgehead atoms. The van der Waals surface area contributed by atoms with E-state index < -0.39 is 11.6 Å². The average Bonchev–Trinajstić information content (AvgIpc) is 2.31. The molecule has 2 N–H and O–H groups in total. The zero-order valence-corrected chi connectivity index (χ0v) is 11.0. The van der Waals surface area contributed by atoms with Gasteiger partial charge in [-0.25, -0.2) is 8.78 Å². The Kier molecular flexibility index (Phi) is 5.89. The second-order valence-electron chi connectivity index (χ2n) is 4.54. The van der Waals surface area contributed by atoms with E-state index in [0.717, 1.165) is 37.8 Å². The molecule has 0 heterocycles. The monoisotopic (exact) mass is 257 g/mol. The molecule has 0 aliphatic heterocycles. The van der Waals surface area contributed by atoms with Crippen LogP contribution in [0.4, 0.5) is 14.5 Å². The lowest BCUT2D eigenvalue weighted by molar-refractivity contribution is 0.216. The van der Waals surface area contributed by atoms with Crippen LogP contribution < -0.4 is 10.5 Å². The lowest BCUT2D eigenvalue weighted by Gasteiger charge is -2.16. The lowest BCUT2D eigenvalue weighted by atomic mass is 10.0. The number of nitrogen functional groups attached to an aromatic ring is 1. The first-order valence-electron chi connectivity index (χ1n) is 6.45. The Morgan fingerprint density at radius 3 is 2.33 bits per heavy atom. The van der Waals surface area contributed by atoms with Crippen molar-refractivity contribution in [2.45, 2.75) is 39.5 Å². The first kappa shape index (κ1) is 14.7. The Labute approximate surface area is 107 Å². The molecular formula is C14H21F2NO. The normalized spacial score (nSPS) is 12.4. The van der Waals surface area contributed by atoms with Crippen molar-refractivity contribution in [3.05, 3.63) is 23.8 Å². The van der Waals surface area contributed by atoms with E-state index >= 15 is 0 Å². The van der Waals surface area contributed by atoms with Gasteiger partial charge in [-0.1, -0.05) is 33.1 Å². The molecule has 1 aromatic carbocycles. The fraction of sp³-hybridized carbons (Fsp3) is 0.571. The van der Waals surface area contributed by atoms with Crippen molar-refractivity contribution < 1.29 is 13.5 Å². The maximum atomic E-state index is 13.5. The van der Waals surface area contributed by atoms with Crippen molar-refractivity contribution in [3.63, 3.8) is 0 Å². The average molecular weight is 257 g/mol. The maximum absolute atomic E-state index is 13.5. The van der Waals surface area contributed by atoms with Gasteiger partial charge in [0.25, 0.3) is 0 Å². The van der Waals surface area contributed by atoms with Gasteiger partial charge in [0.2, 0.25) is 0 Å². The van der Waals surface area contributed by atoms with Crippen LogP contribution in [0.25, 0.3) is 0 Å². The highest BCUT2D eigenvalue weighted by Gasteiger charge is 2.14. The van der Waals surface area contributed by atoms with Crippen molar-refractivity contribution >= 4 is 5.69 Å². The summed E-state index contributed by atoms with van der Waals surface area (Å²) in [6.07, 6.45) is 4.18.